The van der Waals surface area contributed by atoms with Crippen LogP contribution in [-0.2, 0) is 0 Å². The molecule has 1 nitrogen and oxygen atoms in total. The van der Waals surface area contributed by atoms with Crippen molar-refractivity contribution in [3.8, 4) is 11.3 Å². The Morgan fingerprint density at radius 3 is 2.44 bits per heavy atom. The van der Waals surface area contributed by atoms with Gasteiger partial charge in [0.25, 0.3) is 0 Å². The summed E-state index contributed by atoms with van der Waals surface area (Å²) in [6, 6.07) is 5.41. The Balaban J connectivity index is 2.61. The van der Waals surface area contributed by atoms with E-state index >= 15 is 0 Å². The topological polar surface area (TPSA) is 12.9 Å². The normalized spacial score (nSPS) is 10.5. The van der Waals surface area contributed by atoms with Crippen molar-refractivity contribution in [1.29, 1.82) is 0 Å². The van der Waals surface area contributed by atoms with E-state index in [4.69, 9.17) is 0 Å². The lowest BCUT2D eigenvalue weighted by Crippen LogP contribution is -1.95. The van der Waals surface area contributed by atoms with Gasteiger partial charge >= 0.3 is 0 Å². The summed E-state index contributed by atoms with van der Waals surface area (Å²) in [5.74, 6) is -3.88. The molecule has 0 N–H and O–H groups in total. The molecule has 4 heteroatoms. The molecule has 0 aliphatic heterocycles. The molecule has 0 fully saturated rings. The Morgan fingerprint density at radius 2 is 1.75 bits per heavy atom. The Hall–Kier alpha value is -1.84. The van der Waals surface area contributed by atoms with Crippen LogP contribution in [0.5, 0.6) is 0 Å². The number of pyridine rings is 1. The maximum absolute atomic E-state index is 13.4. The predicted octanol–water partition coefficient (Wildman–Crippen LogP) is 3.47. The van der Waals surface area contributed by atoms with Gasteiger partial charge in [-0.2, -0.15) is 0 Å². The van der Waals surface area contributed by atoms with Gasteiger partial charge in [-0.05, 0) is 36.8 Å². The number of aryl methyl sites for hydroxylation is 1. The maximum Gasteiger partial charge on any atom is 0.195 e. The molecule has 0 saturated carbocycles. The largest absolute Gasteiger partial charge is 0.256 e. The molecule has 2 aromatic rings. The first kappa shape index (κ1) is 10.7. The fraction of sp³-hybridized carbons (Fsp3) is 0.0833. The van der Waals surface area contributed by atoms with Crippen molar-refractivity contribution >= 4 is 0 Å². The number of aromatic nitrogens is 1. The second-order valence-corrected chi connectivity index (χ2v) is 3.44. The van der Waals surface area contributed by atoms with Gasteiger partial charge in [-0.3, -0.25) is 4.98 Å². The van der Waals surface area contributed by atoms with Gasteiger partial charge in [0.05, 0.1) is 5.69 Å². The van der Waals surface area contributed by atoms with Crippen LogP contribution in [0, 0.1) is 24.4 Å². The molecule has 1 aromatic carbocycles. The Bertz CT molecular complexity index is 538. The van der Waals surface area contributed by atoms with E-state index < -0.39 is 17.5 Å². The summed E-state index contributed by atoms with van der Waals surface area (Å²) in [6.45, 7) is 1.81. The first-order valence-electron chi connectivity index (χ1n) is 4.66. The third kappa shape index (κ3) is 1.78. The molecule has 0 bridgehead atoms. The number of halogens is 3. The highest BCUT2D eigenvalue weighted by Gasteiger charge is 2.15. The van der Waals surface area contributed by atoms with Crippen LogP contribution in [0.2, 0.25) is 0 Å². The van der Waals surface area contributed by atoms with Crippen LogP contribution in [-0.4, -0.2) is 4.98 Å². The van der Waals surface area contributed by atoms with Gasteiger partial charge in [-0.25, -0.2) is 13.2 Å². The van der Waals surface area contributed by atoms with E-state index in [9.17, 15) is 13.2 Å². The molecule has 0 saturated heterocycles. The van der Waals surface area contributed by atoms with E-state index in [1.165, 1.54) is 12.3 Å². The van der Waals surface area contributed by atoms with Crippen molar-refractivity contribution in [1.82, 2.24) is 4.98 Å². The number of rotatable bonds is 1. The average molecular weight is 223 g/mol. The number of benzene rings is 1. The molecule has 0 radical (unpaired) electrons. The molecule has 16 heavy (non-hydrogen) atoms. The molecular weight excluding hydrogens is 215 g/mol. The van der Waals surface area contributed by atoms with E-state index in [0.717, 1.165) is 11.6 Å². The summed E-state index contributed by atoms with van der Waals surface area (Å²) in [7, 11) is 0. The van der Waals surface area contributed by atoms with E-state index in [0.29, 0.717) is 0 Å². The third-order valence-corrected chi connectivity index (χ3v) is 2.23. The zero-order chi connectivity index (χ0) is 11.7. The molecule has 0 amide bonds. The third-order valence-electron chi connectivity index (χ3n) is 2.23. The molecule has 1 heterocycles. The van der Waals surface area contributed by atoms with Gasteiger partial charge in [-0.1, -0.05) is 0 Å². The number of hydrogen-bond acceptors (Lipinski definition) is 1. The number of nitrogens with zero attached hydrogens (tertiary/aromatic N) is 1. The second-order valence-electron chi connectivity index (χ2n) is 3.44. The quantitative estimate of drug-likeness (QED) is 0.674. The van der Waals surface area contributed by atoms with Crippen LogP contribution in [0.1, 0.15) is 5.56 Å². The lowest BCUT2D eigenvalue weighted by molar-refractivity contribution is 0.449. The van der Waals surface area contributed by atoms with Gasteiger partial charge in [0.15, 0.2) is 17.5 Å². The van der Waals surface area contributed by atoms with Gasteiger partial charge in [0.2, 0.25) is 0 Å². The molecule has 0 unspecified atom stereocenters. The lowest BCUT2D eigenvalue weighted by Gasteiger charge is -2.04. The Kier molecular flexibility index (Phi) is 2.64. The van der Waals surface area contributed by atoms with Crippen LogP contribution < -0.4 is 0 Å². The highest BCUT2D eigenvalue weighted by molar-refractivity contribution is 5.60. The standard InChI is InChI=1S/C12H8F3N/c1-7-4-5-16-10(6-7)8-2-3-9(13)12(15)11(8)14/h2-6H,1H3. The monoisotopic (exact) mass is 223 g/mol. The molecule has 0 spiro atoms. The van der Waals surface area contributed by atoms with E-state index in [1.54, 1.807) is 12.1 Å². The Morgan fingerprint density at radius 1 is 1.00 bits per heavy atom. The van der Waals surface area contributed by atoms with Gasteiger partial charge in [0.1, 0.15) is 0 Å². The van der Waals surface area contributed by atoms with E-state index in [1.807, 2.05) is 6.92 Å². The molecule has 1 aromatic heterocycles. The molecule has 0 atom stereocenters. The van der Waals surface area contributed by atoms with Crippen LogP contribution in [0.15, 0.2) is 30.5 Å². The van der Waals surface area contributed by atoms with Crippen LogP contribution in [0.4, 0.5) is 13.2 Å². The summed E-state index contributed by atoms with van der Waals surface area (Å²) >= 11 is 0. The number of hydrogen-bond donors (Lipinski definition) is 0. The van der Waals surface area contributed by atoms with Gasteiger partial charge in [0, 0.05) is 11.8 Å². The molecule has 0 aliphatic carbocycles. The molecule has 0 aliphatic rings. The zero-order valence-corrected chi connectivity index (χ0v) is 8.47. The van der Waals surface area contributed by atoms with Crippen molar-refractivity contribution in [2.24, 2.45) is 0 Å². The summed E-state index contributed by atoms with van der Waals surface area (Å²) in [5, 5.41) is 0. The predicted molar refractivity (Wildman–Crippen MR) is 54.3 cm³/mol. The fourth-order valence-electron chi connectivity index (χ4n) is 1.41. The first-order valence-corrected chi connectivity index (χ1v) is 4.66. The summed E-state index contributed by atoms with van der Waals surface area (Å²) in [6.07, 6.45) is 1.49. The van der Waals surface area contributed by atoms with Gasteiger partial charge < -0.3 is 0 Å². The summed E-state index contributed by atoms with van der Waals surface area (Å²) in [5.41, 5.74) is 1.12. The van der Waals surface area contributed by atoms with Crippen molar-refractivity contribution in [2.45, 2.75) is 6.92 Å². The highest BCUT2D eigenvalue weighted by atomic mass is 19.2. The Labute approximate surface area is 90.6 Å². The van der Waals surface area contributed by atoms with Crippen LogP contribution in [0.3, 0.4) is 0 Å². The molecule has 2 rings (SSSR count). The minimum atomic E-state index is -1.47. The lowest BCUT2D eigenvalue weighted by atomic mass is 10.1. The highest BCUT2D eigenvalue weighted by Crippen LogP contribution is 2.24. The SMILES string of the molecule is Cc1ccnc(-c2ccc(F)c(F)c2F)c1. The van der Waals surface area contributed by atoms with E-state index in [-0.39, 0.29) is 11.3 Å². The molecular formula is C12H8F3N. The second kappa shape index (κ2) is 3.96. The smallest absolute Gasteiger partial charge is 0.195 e. The van der Waals surface area contributed by atoms with Crippen molar-refractivity contribution < 1.29 is 13.2 Å². The average Bonchev–Trinajstić information content (AvgIpc) is 2.26. The van der Waals surface area contributed by atoms with Crippen molar-refractivity contribution in [3.63, 3.8) is 0 Å². The van der Waals surface area contributed by atoms with Crippen LogP contribution in [0.25, 0.3) is 11.3 Å². The van der Waals surface area contributed by atoms with E-state index in [2.05, 4.69) is 4.98 Å². The minimum Gasteiger partial charge on any atom is -0.256 e. The maximum atomic E-state index is 13.4. The van der Waals surface area contributed by atoms with Crippen LogP contribution >= 0.6 is 0 Å². The minimum absolute atomic E-state index is 0.0393. The fourth-order valence-corrected chi connectivity index (χ4v) is 1.41. The molecule has 82 valence electrons. The van der Waals surface area contributed by atoms with Gasteiger partial charge in [-0.15, -0.1) is 0 Å². The van der Waals surface area contributed by atoms with Crippen molar-refractivity contribution in [3.05, 3.63) is 53.5 Å². The first-order chi connectivity index (χ1) is 7.59. The summed E-state index contributed by atoms with van der Waals surface area (Å²) in [4.78, 5) is 3.91. The zero-order valence-electron chi connectivity index (χ0n) is 8.47. The summed E-state index contributed by atoms with van der Waals surface area (Å²) < 4.78 is 39.1. The van der Waals surface area contributed by atoms with Crippen molar-refractivity contribution in [2.75, 3.05) is 0 Å².